The zero-order chi connectivity index (χ0) is 12.3. The third kappa shape index (κ3) is 3.25. The summed E-state index contributed by atoms with van der Waals surface area (Å²) in [5.74, 6) is -0.148. The molecule has 1 aliphatic heterocycles. The average Bonchev–Trinajstić information content (AvgIpc) is 2.32. The van der Waals surface area contributed by atoms with Crippen LogP contribution in [0, 0.1) is 5.82 Å². The topological polar surface area (TPSA) is 24.5 Å². The molecule has 1 N–H and O–H groups in total. The fourth-order valence-corrected chi connectivity index (χ4v) is 2.01. The lowest BCUT2D eigenvalue weighted by Gasteiger charge is -2.24. The van der Waals surface area contributed by atoms with Gasteiger partial charge in [0.25, 0.3) is 0 Å². The molecule has 4 heteroatoms. The van der Waals surface area contributed by atoms with Crippen molar-refractivity contribution in [1.82, 2.24) is 10.2 Å². The predicted molar refractivity (Wildman–Crippen MR) is 65.4 cm³/mol. The molecule has 17 heavy (non-hydrogen) atoms. The van der Waals surface area contributed by atoms with Crippen LogP contribution in [0.4, 0.5) is 4.39 Å². The molecule has 94 valence electrons. The van der Waals surface area contributed by atoms with E-state index in [2.05, 4.69) is 5.32 Å². The molecule has 1 aromatic carbocycles. The molecule has 0 aliphatic carbocycles. The Morgan fingerprint density at radius 3 is 2.88 bits per heavy atom. The van der Waals surface area contributed by atoms with Crippen LogP contribution in [0.1, 0.15) is 17.2 Å². The molecule has 1 saturated heterocycles. The highest BCUT2D eigenvalue weighted by atomic mass is 19.1. The van der Waals surface area contributed by atoms with Crippen LogP contribution in [0.15, 0.2) is 18.2 Å². The normalized spacial score (nSPS) is 20.8. The van der Waals surface area contributed by atoms with Crippen molar-refractivity contribution >= 4 is 0 Å². The van der Waals surface area contributed by atoms with E-state index >= 15 is 0 Å². The number of benzene rings is 1. The molecule has 1 unspecified atom stereocenters. The van der Waals surface area contributed by atoms with Gasteiger partial charge in [-0.2, -0.15) is 0 Å². The maximum atomic E-state index is 13.9. The largest absolute Gasteiger partial charge is 0.371 e. The lowest BCUT2D eigenvalue weighted by atomic mass is 10.1. The van der Waals surface area contributed by atoms with E-state index < -0.39 is 0 Å². The minimum Gasteiger partial charge on any atom is -0.371 e. The van der Waals surface area contributed by atoms with E-state index in [1.165, 1.54) is 0 Å². The molecule has 3 nitrogen and oxygen atoms in total. The predicted octanol–water partition coefficient (Wildman–Crippen LogP) is 1.55. The molecule has 0 spiro atoms. The number of nitrogens with zero attached hydrogens (tertiary/aromatic N) is 1. The number of morpholine rings is 1. The summed E-state index contributed by atoms with van der Waals surface area (Å²) in [6.07, 6.45) is -0.0216. The summed E-state index contributed by atoms with van der Waals surface area (Å²) in [6.45, 7) is 2.94. The van der Waals surface area contributed by atoms with Gasteiger partial charge < -0.3 is 15.0 Å². The quantitative estimate of drug-likeness (QED) is 0.864. The summed E-state index contributed by atoms with van der Waals surface area (Å²) in [4.78, 5) is 1.96. The highest BCUT2D eigenvalue weighted by Crippen LogP contribution is 2.21. The maximum absolute atomic E-state index is 13.9. The lowest BCUT2D eigenvalue weighted by Crippen LogP contribution is -2.33. The summed E-state index contributed by atoms with van der Waals surface area (Å²) in [5.41, 5.74) is 1.64. The number of rotatable bonds is 3. The smallest absolute Gasteiger partial charge is 0.128 e. The third-order valence-corrected chi connectivity index (χ3v) is 2.86. The van der Waals surface area contributed by atoms with Gasteiger partial charge in [0, 0.05) is 25.2 Å². The molecule has 0 saturated carbocycles. The molecule has 1 atom stereocenters. The molecule has 1 heterocycles. The van der Waals surface area contributed by atoms with Crippen molar-refractivity contribution in [2.24, 2.45) is 0 Å². The fourth-order valence-electron chi connectivity index (χ4n) is 2.01. The molecule has 0 aromatic heterocycles. The minimum atomic E-state index is -0.148. The zero-order valence-electron chi connectivity index (χ0n) is 10.4. The van der Waals surface area contributed by atoms with E-state index in [1.807, 2.05) is 31.1 Å². The first-order valence-corrected chi connectivity index (χ1v) is 5.92. The second-order valence-electron chi connectivity index (χ2n) is 4.65. The Labute approximate surface area is 102 Å². The van der Waals surface area contributed by atoms with E-state index in [0.29, 0.717) is 13.2 Å². The van der Waals surface area contributed by atoms with Crippen LogP contribution in [0.5, 0.6) is 0 Å². The van der Waals surface area contributed by atoms with Crippen molar-refractivity contribution in [3.8, 4) is 0 Å². The molecule has 1 aliphatic rings. The van der Waals surface area contributed by atoms with Crippen LogP contribution in [0.3, 0.4) is 0 Å². The highest BCUT2D eigenvalue weighted by Gasteiger charge is 2.17. The van der Waals surface area contributed by atoms with E-state index in [0.717, 1.165) is 24.2 Å². The van der Waals surface area contributed by atoms with Crippen molar-refractivity contribution in [3.63, 3.8) is 0 Å². The molecule has 2 rings (SSSR count). The van der Waals surface area contributed by atoms with Crippen LogP contribution in [0.2, 0.25) is 0 Å². The first-order chi connectivity index (χ1) is 8.16. The number of hydrogen-bond acceptors (Lipinski definition) is 3. The van der Waals surface area contributed by atoms with E-state index in [9.17, 15) is 4.39 Å². The van der Waals surface area contributed by atoms with E-state index in [-0.39, 0.29) is 11.9 Å². The van der Waals surface area contributed by atoms with Crippen LogP contribution in [-0.4, -0.2) is 38.7 Å². The summed E-state index contributed by atoms with van der Waals surface area (Å²) in [6, 6.07) is 5.40. The number of halogens is 1. The first kappa shape index (κ1) is 12.5. The lowest BCUT2D eigenvalue weighted by molar-refractivity contribution is 0.0275. The minimum absolute atomic E-state index is 0.0216. The molecule has 0 bridgehead atoms. The molecule has 0 radical (unpaired) electrons. The Kier molecular flexibility index (Phi) is 4.10. The van der Waals surface area contributed by atoms with Crippen LogP contribution < -0.4 is 5.32 Å². The van der Waals surface area contributed by atoms with Gasteiger partial charge in [-0.15, -0.1) is 0 Å². The summed E-state index contributed by atoms with van der Waals surface area (Å²) in [7, 11) is 3.86. The van der Waals surface area contributed by atoms with Gasteiger partial charge in [-0.05, 0) is 25.7 Å². The molecular weight excluding hydrogens is 219 g/mol. The summed E-state index contributed by atoms with van der Waals surface area (Å²) < 4.78 is 19.5. The van der Waals surface area contributed by atoms with Crippen molar-refractivity contribution in [2.75, 3.05) is 33.8 Å². The van der Waals surface area contributed by atoms with Gasteiger partial charge >= 0.3 is 0 Å². The second-order valence-corrected chi connectivity index (χ2v) is 4.65. The van der Waals surface area contributed by atoms with Gasteiger partial charge in [-0.1, -0.05) is 12.1 Å². The molecular formula is C13H19FN2O. The van der Waals surface area contributed by atoms with Crippen molar-refractivity contribution < 1.29 is 9.13 Å². The fraction of sp³-hybridized carbons (Fsp3) is 0.538. The Morgan fingerprint density at radius 2 is 2.29 bits per heavy atom. The third-order valence-electron chi connectivity index (χ3n) is 2.86. The Bertz CT molecular complexity index is 376. The molecule has 1 fully saturated rings. The van der Waals surface area contributed by atoms with Crippen molar-refractivity contribution in [1.29, 1.82) is 0 Å². The first-order valence-electron chi connectivity index (χ1n) is 5.92. The summed E-state index contributed by atoms with van der Waals surface area (Å²) >= 11 is 0. The van der Waals surface area contributed by atoms with Crippen LogP contribution >= 0.6 is 0 Å². The number of hydrogen-bond donors (Lipinski definition) is 1. The summed E-state index contributed by atoms with van der Waals surface area (Å²) in [5, 5.41) is 3.24. The van der Waals surface area contributed by atoms with Gasteiger partial charge in [0.2, 0.25) is 0 Å². The van der Waals surface area contributed by atoms with E-state index in [1.54, 1.807) is 6.07 Å². The van der Waals surface area contributed by atoms with Crippen LogP contribution in [-0.2, 0) is 11.3 Å². The van der Waals surface area contributed by atoms with Gasteiger partial charge in [-0.25, -0.2) is 4.39 Å². The van der Waals surface area contributed by atoms with Crippen molar-refractivity contribution in [3.05, 3.63) is 35.1 Å². The monoisotopic (exact) mass is 238 g/mol. The van der Waals surface area contributed by atoms with Gasteiger partial charge in [-0.3, -0.25) is 0 Å². The SMILES string of the molecule is CN(C)Cc1ccc(C2CNCCO2)cc1F. The van der Waals surface area contributed by atoms with Gasteiger partial charge in [0.05, 0.1) is 12.7 Å². The standard InChI is InChI=1S/C13H19FN2O/c1-16(2)9-11-4-3-10(7-12(11)14)13-8-15-5-6-17-13/h3-4,7,13,15H,5-6,8-9H2,1-2H3. The molecule has 1 aromatic rings. The maximum Gasteiger partial charge on any atom is 0.128 e. The van der Waals surface area contributed by atoms with E-state index in [4.69, 9.17) is 4.74 Å². The Balaban J connectivity index is 2.12. The highest BCUT2D eigenvalue weighted by molar-refractivity contribution is 5.26. The Hall–Kier alpha value is -0.970. The zero-order valence-corrected chi connectivity index (χ0v) is 10.4. The average molecular weight is 238 g/mol. The Morgan fingerprint density at radius 1 is 1.47 bits per heavy atom. The molecule has 0 amide bonds. The number of ether oxygens (including phenoxy) is 1. The second kappa shape index (κ2) is 5.58. The van der Waals surface area contributed by atoms with Crippen molar-refractivity contribution in [2.45, 2.75) is 12.6 Å². The van der Waals surface area contributed by atoms with Gasteiger partial charge in [0.15, 0.2) is 0 Å². The number of nitrogens with one attached hydrogen (secondary N) is 1. The van der Waals surface area contributed by atoms with Crippen LogP contribution in [0.25, 0.3) is 0 Å². The van der Waals surface area contributed by atoms with Gasteiger partial charge in [0.1, 0.15) is 5.82 Å².